The fraction of sp³-hybridized carbons (Fsp3) is 0.250. The molecule has 0 spiro atoms. The largest absolute Gasteiger partial charge is 0.346 e. The number of amides is 1. The van der Waals surface area contributed by atoms with Gasteiger partial charge in [0.05, 0.1) is 18.9 Å². The first kappa shape index (κ1) is 13.4. The molecule has 19 heavy (non-hydrogen) atoms. The van der Waals surface area contributed by atoms with Crippen molar-refractivity contribution in [2.75, 3.05) is 5.43 Å². The highest BCUT2D eigenvalue weighted by Crippen LogP contribution is 2.20. The Balaban J connectivity index is 1.96. The highest BCUT2D eigenvalue weighted by atomic mass is 32.1. The van der Waals surface area contributed by atoms with Crippen molar-refractivity contribution in [3.63, 3.8) is 0 Å². The SMILES string of the molecule is Cc1cc(CNC(=O)c2cnc(NN)cn2)sc1C. The molecule has 1 amide bonds. The molecule has 0 bridgehead atoms. The maximum absolute atomic E-state index is 11.8. The number of hydrazine groups is 1. The van der Waals surface area contributed by atoms with Crippen LogP contribution in [0.1, 0.15) is 25.8 Å². The molecule has 2 heterocycles. The first-order valence-corrected chi connectivity index (χ1v) is 6.54. The minimum atomic E-state index is -0.250. The van der Waals surface area contributed by atoms with Gasteiger partial charge in [-0.1, -0.05) is 0 Å². The van der Waals surface area contributed by atoms with Crippen molar-refractivity contribution in [3.8, 4) is 0 Å². The van der Waals surface area contributed by atoms with E-state index >= 15 is 0 Å². The van der Waals surface area contributed by atoms with Gasteiger partial charge in [-0.3, -0.25) is 4.79 Å². The summed E-state index contributed by atoms with van der Waals surface area (Å²) in [5.74, 6) is 5.34. The van der Waals surface area contributed by atoms with Crippen molar-refractivity contribution in [1.29, 1.82) is 0 Å². The summed E-state index contributed by atoms with van der Waals surface area (Å²) in [6.45, 7) is 4.62. The first-order chi connectivity index (χ1) is 9.10. The average Bonchev–Trinajstić information content (AvgIpc) is 2.75. The molecule has 7 heteroatoms. The number of nitrogens with one attached hydrogen (secondary N) is 2. The van der Waals surface area contributed by atoms with Crippen LogP contribution < -0.4 is 16.6 Å². The second kappa shape index (κ2) is 5.77. The molecule has 2 aromatic heterocycles. The van der Waals surface area contributed by atoms with Gasteiger partial charge in [-0.15, -0.1) is 11.3 Å². The van der Waals surface area contributed by atoms with Gasteiger partial charge < -0.3 is 10.7 Å². The van der Waals surface area contributed by atoms with E-state index in [1.807, 2.05) is 0 Å². The van der Waals surface area contributed by atoms with Crippen molar-refractivity contribution < 1.29 is 4.79 Å². The summed E-state index contributed by atoms with van der Waals surface area (Å²) in [4.78, 5) is 22.1. The number of rotatable bonds is 4. The first-order valence-electron chi connectivity index (χ1n) is 5.73. The van der Waals surface area contributed by atoms with Gasteiger partial charge in [-0.2, -0.15) is 0 Å². The summed E-state index contributed by atoms with van der Waals surface area (Å²) >= 11 is 1.68. The lowest BCUT2D eigenvalue weighted by molar-refractivity contribution is 0.0946. The monoisotopic (exact) mass is 277 g/mol. The number of hydrogen-bond acceptors (Lipinski definition) is 6. The summed E-state index contributed by atoms with van der Waals surface area (Å²) in [5, 5.41) is 2.81. The summed E-state index contributed by atoms with van der Waals surface area (Å²) in [6, 6.07) is 2.08. The Morgan fingerprint density at radius 3 is 2.68 bits per heavy atom. The normalized spacial score (nSPS) is 10.3. The van der Waals surface area contributed by atoms with Gasteiger partial charge >= 0.3 is 0 Å². The van der Waals surface area contributed by atoms with Gasteiger partial charge in [-0.25, -0.2) is 15.8 Å². The Kier molecular flexibility index (Phi) is 4.08. The Hall–Kier alpha value is -1.99. The predicted octanol–water partition coefficient (Wildman–Crippen LogP) is 1.37. The van der Waals surface area contributed by atoms with Gasteiger partial charge in [-0.05, 0) is 25.5 Å². The van der Waals surface area contributed by atoms with Gasteiger partial charge in [0, 0.05) is 9.75 Å². The van der Waals surface area contributed by atoms with E-state index in [1.54, 1.807) is 11.3 Å². The summed E-state index contributed by atoms with van der Waals surface area (Å²) in [5.41, 5.74) is 3.87. The van der Waals surface area contributed by atoms with E-state index in [0.29, 0.717) is 12.4 Å². The average molecular weight is 277 g/mol. The number of aromatic nitrogens is 2. The van der Waals surface area contributed by atoms with Crippen LogP contribution in [0, 0.1) is 13.8 Å². The molecule has 2 aromatic rings. The molecule has 0 radical (unpaired) electrons. The van der Waals surface area contributed by atoms with Crippen LogP contribution in [0.2, 0.25) is 0 Å². The van der Waals surface area contributed by atoms with E-state index in [9.17, 15) is 4.79 Å². The molecule has 0 unspecified atom stereocenters. The van der Waals surface area contributed by atoms with Crippen molar-refractivity contribution >= 4 is 23.1 Å². The van der Waals surface area contributed by atoms with Crippen LogP contribution in [-0.4, -0.2) is 15.9 Å². The molecule has 0 aliphatic carbocycles. The minimum Gasteiger partial charge on any atom is -0.346 e. The molecule has 2 rings (SSSR count). The van der Waals surface area contributed by atoms with E-state index in [0.717, 1.165) is 4.88 Å². The zero-order chi connectivity index (χ0) is 13.8. The molecule has 4 N–H and O–H groups in total. The number of thiophene rings is 1. The standard InChI is InChI=1S/C12H15N5OS/c1-7-3-9(19-8(7)2)4-16-12(18)10-5-15-11(17-13)6-14-10/h3,5-6H,4,13H2,1-2H3,(H,15,17)(H,16,18). The zero-order valence-electron chi connectivity index (χ0n) is 10.7. The molecule has 100 valence electrons. The number of hydrogen-bond donors (Lipinski definition) is 3. The van der Waals surface area contributed by atoms with E-state index in [1.165, 1.54) is 22.8 Å². The number of nitrogens with two attached hydrogens (primary N) is 1. The molecule has 6 nitrogen and oxygen atoms in total. The fourth-order valence-electron chi connectivity index (χ4n) is 1.51. The highest BCUT2D eigenvalue weighted by molar-refractivity contribution is 7.12. The van der Waals surface area contributed by atoms with Gasteiger partial charge in [0.1, 0.15) is 5.69 Å². The van der Waals surface area contributed by atoms with Crippen LogP contribution >= 0.6 is 11.3 Å². The van der Waals surface area contributed by atoms with Crippen LogP contribution in [0.5, 0.6) is 0 Å². The Labute approximate surface area is 115 Å². The van der Waals surface area contributed by atoms with Crippen LogP contribution in [0.15, 0.2) is 18.5 Å². The Morgan fingerprint density at radius 2 is 2.16 bits per heavy atom. The molecule has 0 aromatic carbocycles. The molecule has 0 fully saturated rings. The number of carbonyl (C=O) groups is 1. The summed E-state index contributed by atoms with van der Waals surface area (Å²) < 4.78 is 0. The second-order valence-electron chi connectivity index (χ2n) is 4.07. The molecular weight excluding hydrogens is 262 g/mol. The number of aryl methyl sites for hydroxylation is 2. The smallest absolute Gasteiger partial charge is 0.271 e. The Morgan fingerprint density at radius 1 is 1.37 bits per heavy atom. The van der Waals surface area contributed by atoms with Gasteiger partial charge in [0.2, 0.25) is 0 Å². The molecule has 0 atom stereocenters. The number of anilines is 1. The molecule has 0 aliphatic heterocycles. The zero-order valence-corrected chi connectivity index (χ0v) is 11.5. The van der Waals surface area contributed by atoms with Crippen LogP contribution in [0.25, 0.3) is 0 Å². The van der Waals surface area contributed by atoms with Gasteiger partial charge in [0.25, 0.3) is 5.91 Å². The van der Waals surface area contributed by atoms with Crippen molar-refractivity contribution in [2.24, 2.45) is 5.84 Å². The maximum Gasteiger partial charge on any atom is 0.271 e. The molecule has 0 saturated carbocycles. The van der Waals surface area contributed by atoms with Crippen LogP contribution in [-0.2, 0) is 6.54 Å². The lowest BCUT2D eigenvalue weighted by Crippen LogP contribution is -2.23. The van der Waals surface area contributed by atoms with E-state index < -0.39 is 0 Å². The van der Waals surface area contributed by atoms with Crippen LogP contribution in [0.3, 0.4) is 0 Å². The summed E-state index contributed by atoms with van der Waals surface area (Å²) in [6.07, 6.45) is 2.80. The maximum atomic E-state index is 11.8. The lowest BCUT2D eigenvalue weighted by atomic mass is 10.3. The topological polar surface area (TPSA) is 92.9 Å². The summed E-state index contributed by atoms with van der Waals surface area (Å²) in [7, 11) is 0. The number of nitrogen functional groups attached to an aromatic ring is 1. The lowest BCUT2D eigenvalue weighted by Gasteiger charge is -2.03. The van der Waals surface area contributed by atoms with E-state index in [2.05, 4.69) is 40.6 Å². The van der Waals surface area contributed by atoms with Crippen molar-refractivity contribution in [2.45, 2.75) is 20.4 Å². The molecule has 0 saturated heterocycles. The third kappa shape index (κ3) is 3.27. The number of nitrogens with zero attached hydrogens (tertiary/aromatic N) is 2. The minimum absolute atomic E-state index is 0.250. The van der Waals surface area contributed by atoms with E-state index in [-0.39, 0.29) is 11.6 Å². The van der Waals surface area contributed by atoms with Crippen molar-refractivity contribution in [3.05, 3.63) is 39.5 Å². The van der Waals surface area contributed by atoms with E-state index in [4.69, 9.17) is 5.84 Å². The third-order valence-electron chi connectivity index (χ3n) is 2.67. The molecule has 0 aliphatic rings. The van der Waals surface area contributed by atoms with Gasteiger partial charge in [0.15, 0.2) is 5.82 Å². The Bertz CT molecular complexity index is 559. The van der Waals surface area contributed by atoms with Crippen LogP contribution in [0.4, 0.5) is 5.82 Å². The number of carbonyl (C=O) groups excluding carboxylic acids is 1. The molecular formula is C12H15N5OS. The quantitative estimate of drug-likeness (QED) is 0.580. The predicted molar refractivity (Wildman–Crippen MR) is 74.8 cm³/mol. The van der Waals surface area contributed by atoms with Crippen molar-refractivity contribution in [1.82, 2.24) is 15.3 Å². The fourth-order valence-corrected chi connectivity index (χ4v) is 2.51. The highest BCUT2D eigenvalue weighted by Gasteiger charge is 2.09. The third-order valence-corrected chi connectivity index (χ3v) is 3.83. The second-order valence-corrected chi connectivity index (χ2v) is 5.41.